The maximum absolute atomic E-state index is 12.5. The summed E-state index contributed by atoms with van der Waals surface area (Å²) in [5.41, 5.74) is 1.37. The largest absolute Gasteiger partial charge is 0.467 e. The summed E-state index contributed by atoms with van der Waals surface area (Å²) in [6, 6.07) is 12.0. The van der Waals surface area contributed by atoms with Crippen LogP contribution in [0.1, 0.15) is 15.9 Å². The molecule has 2 aromatic rings. The Balaban J connectivity index is 2.17. The molecule has 0 radical (unpaired) electrons. The van der Waals surface area contributed by atoms with Crippen LogP contribution in [0.5, 0.6) is 0 Å². The first-order chi connectivity index (χ1) is 11.4. The Labute approximate surface area is 165 Å². The molecule has 0 saturated heterocycles. The molecule has 7 heteroatoms. The highest BCUT2D eigenvalue weighted by atomic mass is 79.9. The number of esters is 1. The first-order valence-corrected chi connectivity index (χ1v) is 9.36. The highest BCUT2D eigenvalue weighted by molar-refractivity contribution is 9.11. The molecular formula is C17H14Br3NO3. The molecule has 0 aliphatic rings. The molecule has 0 saturated carbocycles. The molecule has 1 N–H and O–H groups in total. The normalized spacial score (nSPS) is 11.7. The monoisotopic (exact) mass is 517 g/mol. The van der Waals surface area contributed by atoms with E-state index < -0.39 is 12.0 Å². The van der Waals surface area contributed by atoms with E-state index in [1.807, 2.05) is 30.3 Å². The van der Waals surface area contributed by atoms with Gasteiger partial charge in [0.05, 0.1) is 7.11 Å². The van der Waals surface area contributed by atoms with Gasteiger partial charge < -0.3 is 10.1 Å². The van der Waals surface area contributed by atoms with Crippen molar-refractivity contribution < 1.29 is 14.3 Å². The van der Waals surface area contributed by atoms with E-state index in [-0.39, 0.29) is 5.91 Å². The van der Waals surface area contributed by atoms with E-state index in [1.54, 1.807) is 12.1 Å². The number of carbonyl (C=O) groups excluding carboxylic acids is 2. The second-order valence-corrected chi connectivity index (χ2v) is 7.78. The predicted molar refractivity (Wildman–Crippen MR) is 103 cm³/mol. The second kappa shape index (κ2) is 8.78. The third-order valence-electron chi connectivity index (χ3n) is 3.27. The molecule has 0 aliphatic heterocycles. The number of benzene rings is 2. The number of halogens is 3. The van der Waals surface area contributed by atoms with Crippen LogP contribution in [-0.4, -0.2) is 25.0 Å². The van der Waals surface area contributed by atoms with Crippen molar-refractivity contribution in [1.29, 1.82) is 0 Å². The number of hydrogen-bond donors (Lipinski definition) is 1. The summed E-state index contributed by atoms with van der Waals surface area (Å²) < 4.78 is 7.30. The molecule has 0 spiro atoms. The highest BCUT2D eigenvalue weighted by Crippen LogP contribution is 2.20. The Bertz CT molecular complexity index is 727. The van der Waals surface area contributed by atoms with E-state index in [2.05, 4.69) is 53.1 Å². The van der Waals surface area contributed by atoms with Gasteiger partial charge in [-0.05, 0) is 35.9 Å². The maximum atomic E-state index is 12.5. The van der Waals surface area contributed by atoms with Gasteiger partial charge in [0.2, 0.25) is 0 Å². The van der Waals surface area contributed by atoms with Crippen LogP contribution >= 0.6 is 47.8 Å². The smallest absolute Gasteiger partial charge is 0.328 e. The van der Waals surface area contributed by atoms with Crippen LogP contribution in [0.2, 0.25) is 0 Å². The van der Waals surface area contributed by atoms with E-state index in [4.69, 9.17) is 4.74 Å². The molecule has 0 aliphatic carbocycles. The first-order valence-electron chi connectivity index (χ1n) is 6.98. The lowest BCUT2D eigenvalue weighted by Gasteiger charge is -2.17. The van der Waals surface area contributed by atoms with E-state index in [9.17, 15) is 9.59 Å². The fourth-order valence-corrected chi connectivity index (χ4v) is 3.68. The molecule has 4 nitrogen and oxygen atoms in total. The summed E-state index contributed by atoms with van der Waals surface area (Å²) in [6.45, 7) is 0. The van der Waals surface area contributed by atoms with Crippen LogP contribution in [0.25, 0.3) is 0 Å². The third kappa shape index (κ3) is 5.43. The molecule has 0 fully saturated rings. The van der Waals surface area contributed by atoms with Gasteiger partial charge in [-0.25, -0.2) is 4.79 Å². The minimum absolute atomic E-state index is 0.343. The Morgan fingerprint density at radius 1 is 1.00 bits per heavy atom. The summed E-state index contributed by atoms with van der Waals surface area (Å²) in [5.74, 6) is -0.829. The van der Waals surface area contributed by atoms with Crippen LogP contribution in [0, 0.1) is 0 Å². The summed E-state index contributed by atoms with van der Waals surface area (Å²) in [5, 5.41) is 2.73. The van der Waals surface area contributed by atoms with E-state index >= 15 is 0 Å². The zero-order chi connectivity index (χ0) is 17.7. The average Bonchev–Trinajstić information content (AvgIpc) is 2.54. The fraction of sp³-hybridized carbons (Fsp3) is 0.176. The Morgan fingerprint density at radius 2 is 1.58 bits per heavy atom. The van der Waals surface area contributed by atoms with Crippen LogP contribution in [0.15, 0.2) is 55.9 Å². The lowest BCUT2D eigenvalue weighted by molar-refractivity contribution is -0.142. The molecule has 1 amide bonds. The van der Waals surface area contributed by atoms with E-state index in [0.29, 0.717) is 12.0 Å². The fourth-order valence-electron chi connectivity index (χ4n) is 2.12. The Morgan fingerprint density at radius 3 is 2.12 bits per heavy atom. The van der Waals surface area contributed by atoms with Gasteiger partial charge in [0.1, 0.15) is 6.04 Å². The van der Waals surface area contributed by atoms with Crippen molar-refractivity contribution in [1.82, 2.24) is 5.32 Å². The number of methoxy groups -OCH3 is 1. The quantitative estimate of drug-likeness (QED) is 0.592. The summed E-state index contributed by atoms with van der Waals surface area (Å²) in [6.07, 6.45) is 0.348. The highest BCUT2D eigenvalue weighted by Gasteiger charge is 2.23. The van der Waals surface area contributed by atoms with Crippen LogP contribution in [0.3, 0.4) is 0 Å². The molecule has 0 aromatic heterocycles. The third-order valence-corrected chi connectivity index (χ3v) is 4.71. The second-order valence-electron chi connectivity index (χ2n) is 5.04. The topological polar surface area (TPSA) is 55.4 Å². The minimum atomic E-state index is -0.763. The number of ether oxygens (including phenoxy) is 1. The molecule has 2 rings (SSSR count). The van der Waals surface area contributed by atoms with Crippen LogP contribution in [-0.2, 0) is 16.0 Å². The molecular weight excluding hydrogens is 506 g/mol. The van der Waals surface area contributed by atoms with Crippen molar-refractivity contribution in [2.45, 2.75) is 12.5 Å². The van der Waals surface area contributed by atoms with Crippen molar-refractivity contribution in [3.8, 4) is 0 Å². The SMILES string of the molecule is COC(=O)[C@@H](Cc1ccc(Br)cc1)NC(=O)c1cc(Br)cc(Br)c1. The van der Waals surface area contributed by atoms with Gasteiger partial charge in [-0.2, -0.15) is 0 Å². The average molecular weight is 520 g/mol. The molecule has 0 unspecified atom stereocenters. The van der Waals surface area contributed by atoms with Gasteiger partial charge in [0.15, 0.2) is 0 Å². The number of carbonyl (C=O) groups is 2. The van der Waals surface area contributed by atoms with Gasteiger partial charge in [-0.15, -0.1) is 0 Å². The lowest BCUT2D eigenvalue weighted by atomic mass is 10.1. The number of hydrogen-bond acceptors (Lipinski definition) is 3. The molecule has 1 atom stereocenters. The number of rotatable bonds is 5. The predicted octanol–water partition coefficient (Wildman–Crippen LogP) is 4.49. The zero-order valence-electron chi connectivity index (χ0n) is 12.7. The van der Waals surface area contributed by atoms with Gasteiger partial charge in [0.25, 0.3) is 5.91 Å². The van der Waals surface area contributed by atoms with Crippen molar-refractivity contribution >= 4 is 59.7 Å². The zero-order valence-corrected chi connectivity index (χ0v) is 17.4. The maximum Gasteiger partial charge on any atom is 0.328 e. The van der Waals surface area contributed by atoms with Gasteiger partial charge in [-0.3, -0.25) is 4.79 Å². The Hall–Kier alpha value is -1.18. The van der Waals surface area contributed by atoms with E-state index in [1.165, 1.54) is 7.11 Å². The molecule has 0 heterocycles. The lowest BCUT2D eigenvalue weighted by Crippen LogP contribution is -2.43. The first kappa shape index (κ1) is 19.1. The van der Waals surface area contributed by atoms with E-state index in [0.717, 1.165) is 19.0 Å². The van der Waals surface area contributed by atoms with Crippen molar-refractivity contribution in [3.05, 3.63) is 67.0 Å². The van der Waals surface area contributed by atoms with Crippen LogP contribution < -0.4 is 5.32 Å². The van der Waals surface area contributed by atoms with Crippen LogP contribution in [0.4, 0.5) is 0 Å². The van der Waals surface area contributed by atoms with Crippen molar-refractivity contribution in [3.63, 3.8) is 0 Å². The number of nitrogens with one attached hydrogen (secondary N) is 1. The van der Waals surface area contributed by atoms with Gasteiger partial charge in [0, 0.05) is 25.4 Å². The number of amides is 1. The summed E-state index contributed by atoms with van der Waals surface area (Å²) >= 11 is 10.1. The molecule has 126 valence electrons. The summed E-state index contributed by atoms with van der Waals surface area (Å²) in [4.78, 5) is 24.5. The molecule has 2 aromatic carbocycles. The van der Waals surface area contributed by atoms with Gasteiger partial charge in [-0.1, -0.05) is 59.9 Å². The van der Waals surface area contributed by atoms with Crippen molar-refractivity contribution in [2.24, 2.45) is 0 Å². The Kier molecular flexibility index (Phi) is 7.01. The summed E-state index contributed by atoms with van der Waals surface area (Å²) in [7, 11) is 1.30. The van der Waals surface area contributed by atoms with Gasteiger partial charge >= 0.3 is 5.97 Å². The molecule has 24 heavy (non-hydrogen) atoms. The van der Waals surface area contributed by atoms with Crippen molar-refractivity contribution in [2.75, 3.05) is 7.11 Å². The minimum Gasteiger partial charge on any atom is -0.467 e. The standard InChI is InChI=1S/C17H14Br3NO3/c1-24-17(23)15(6-10-2-4-12(18)5-3-10)21-16(22)11-7-13(19)9-14(20)8-11/h2-5,7-9,15H,6H2,1H3,(H,21,22)/t15-/m1/s1. The molecule has 0 bridgehead atoms.